The molecule has 0 spiro atoms. The summed E-state index contributed by atoms with van der Waals surface area (Å²) in [6.45, 7) is 57.6. The number of hydrogen-bond acceptors (Lipinski definition) is 3. The van der Waals surface area contributed by atoms with E-state index in [0.717, 1.165) is 0 Å². The Hall–Kier alpha value is -9.18. The number of anilines is 6. The summed E-state index contributed by atoms with van der Waals surface area (Å²) in [4.78, 5) is 7.63. The van der Waals surface area contributed by atoms with Crippen LogP contribution in [-0.4, -0.2) is 16.6 Å². The van der Waals surface area contributed by atoms with Gasteiger partial charge in [0.1, 0.15) is 0 Å². The van der Waals surface area contributed by atoms with Crippen LogP contribution in [0.3, 0.4) is 0 Å². The van der Waals surface area contributed by atoms with Gasteiger partial charge in [-0.1, -0.05) is 219 Å². The summed E-state index contributed by atoms with van der Waals surface area (Å²) in [5.41, 5.74) is 41.4. The summed E-state index contributed by atoms with van der Waals surface area (Å²) < 4.78 is 0. The number of nitrogens with zero attached hydrogens (tertiary/aromatic N) is 3. The molecule has 101 heavy (non-hydrogen) atoms. The fourth-order valence-electron chi connectivity index (χ4n) is 16.8. The largest absolute Gasteiger partial charge is 0.336 e. The lowest BCUT2D eigenvalue weighted by Gasteiger charge is -2.40. The Balaban J connectivity index is 0.000000144. The maximum Gasteiger partial charge on any atom is 0.0451 e. The van der Waals surface area contributed by atoms with Gasteiger partial charge in [-0.25, -0.2) is 0 Å². The summed E-state index contributed by atoms with van der Waals surface area (Å²) >= 11 is 0. The van der Waals surface area contributed by atoms with Crippen molar-refractivity contribution in [2.75, 3.05) is 14.7 Å². The highest BCUT2D eigenvalue weighted by atomic mass is 15.2. The molecule has 11 aromatic rings. The van der Waals surface area contributed by atoms with Crippen molar-refractivity contribution >= 4 is 34.1 Å². The number of hydrogen-bond donors (Lipinski definition) is 0. The van der Waals surface area contributed by atoms with Crippen molar-refractivity contribution in [3.63, 3.8) is 0 Å². The van der Waals surface area contributed by atoms with Crippen LogP contribution in [0.1, 0.15) is 207 Å². The molecule has 0 saturated carbocycles. The highest BCUT2D eigenvalue weighted by molar-refractivity contribution is 5.90. The Morgan fingerprint density at radius 3 is 1.06 bits per heavy atom. The van der Waals surface area contributed by atoms with E-state index < -0.39 is 0 Å². The zero-order valence-corrected chi connectivity index (χ0v) is 65.6. The van der Waals surface area contributed by atoms with Crippen LogP contribution >= 0.6 is 0 Å². The van der Waals surface area contributed by atoms with E-state index in [-0.39, 0.29) is 32.9 Å². The first-order valence-corrected chi connectivity index (χ1v) is 37.0. The van der Waals surface area contributed by atoms with E-state index in [1.165, 1.54) is 173 Å². The van der Waals surface area contributed by atoms with Crippen molar-refractivity contribution in [1.29, 1.82) is 0 Å². The second kappa shape index (κ2) is 26.3. The zero-order chi connectivity index (χ0) is 73.0. The van der Waals surface area contributed by atoms with Gasteiger partial charge in [0.2, 0.25) is 0 Å². The molecule has 0 bridgehead atoms. The third-order valence-corrected chi connectivity index (χ3v) is 22.3. The number of para-hydroxylation sites is 1. The molecule has 14 rings (SSSR count). The minimum atomic E-state index is -0.0977. The maximum absolute atomic E-state index is 2.56. The Labute approximate surface area is 608 Å². The first-order valence-electron chi connectivity index (χ1n) is 37.0. The van der Waals surface area contributed by atoms with Crippen LogP contribution in [0.4, 0.5) is 34.1 Å². The molecular weight excluding hydrogens is 1220 g/mol. The fourth-order valence-corrected chi connectivity index (χ4v) is 16.8. The van der Waals surface area contributed by atoms with E-state index >= 15 is 0 Å². The SMILES string of the molecule is Cc1ccc(-c2ccccc2)cc1N(c1cc2c(cc1C)-c1ccc(C(C)C)cc1C2(C)C)C(C)(C)C.Cc1ccc2c(c1)C(C)(C)c1cc(N(c3cc(-c4ccccc4)ccc3C)C(C)(C)C)c(C)cc1-2.Cc1ccccc1N(c1cc2c(cc1C)-c1c(C)cccc1C2(C)C)C(C)(C)C. The summed E-state index contributed by atoms with van der Waals surface area (Å²) in [6, 6.07) is 79.4. The molecule has 3 nitrogen and oxygen atoms in total. The first-order chi connectivity index (χ1) is 47.4. The average molecular weight is 1330 g/mol. The molecule has 0 N–H and O–H groups in total. The molecular formula is C98H111N3. The molecule has 0 atom stereocenters. The van der Waals surface area contributed by atoms with E-state index in [4.69, 9.17) is 0 Å². The van der Waals surface area contributed by atoms with Gasteiger partial charge in [0, 0.05) is 67.0 Å². The second-order valence-corrected chi connectivity index (χ2v) is 34.5. The smallest absolute Gasteiger partial charge is 0.0451 e. The third kappa shape index (κ3) is 13.1. The molecule has 3 aliphatic rings. The van der Waals surface area contributed by atoms with Gasteiger partial charge in [0.05, 0.1) is 0 Å². The maximum atomic E-state index is 2.56. The van der Waals surface area contributed by atoms with E-state index in [0.29, 0.717) is 5.92 Å². The summed E-state index contributed by atoms with van der Waals surface area (Å²) in [5, 5.41) is 0. The Morgan fingerprint density at radius 1 is 0.257 bits per heavy atom. The summed E-state index contributed by atoms with van der Waals surface area (Å²) in [6.07, 6.45) is 0. The molecule has 0 unspecified atom stereocenters. The van der Waals surface area contributed by atoms with Gasteiger partial charge in [0.15, 0.2) is 0 Å². The predicted molar refractivity (Wildman–Crippen MR) is 440 cm³/mol. The summed E-state index contributed by atoms with van der Waals surface area (Å²) in [5.74, 6) is 0.526. The lowest BCUT2D eigenvalue weighted by atomic mass is 9.80. The average Bonchev–Trinajstić information content (AvgIpc) is 1.60. The van der Waals surface area contributed by atoms with Crippen LogP contribution in [0, 0.1) is 55.4 Å². The van der Waals surface area contributed by atoms with Crippen LogP contribution in [0.5, 0.6) is 0 Å². The number of rotatable bonds is 9. The zero-order valence-electron chi connectivity index (χ0n) is 65.6. The molecule has 0 aromatic heterocycles. The van der Waals surface area contributed by atoms with Gasteiger partial charge < -0.3 is 14.7 Å². The molecule has 3 heteroatoms. The minimum Gasteiger partial charge on any atom is -0.336 e. The van der Waals surface area contributed by atoms with Gasteiger partial charge in [0.25, 0.3) is 0 Å². The molecule has 11 aromatic carbocycles. The second-order valence-electron chi connectivity index (χ2n) is 34.5. The Kier molecular flexibility index (Phi) is 18.7. The van der Waals surface area contributed by atoms with Gasteiger partial charge >= 0.3 is 0 Å². The third-order valence-electron chi connectivity index (χ3n) is 22.3. The molecule has 0 aliphatic heterocycles. The van der Waals surface area contributed by atoms with Crippen molar-refractivity contribution in [2.45, 2.75) is 212 Å². The monoisotopic (exact) mass is 1330 g/mol. The molecule has 0 amide bonds. The topological polar surface area (TPSA) is 9.72 Å². The normalized spacial score (nSPS) is 14.1. The van der Waals surface area contributed by atoms with Gasteiger partial charge in [-0.3, -0.25) is 0 Å². The lowest BCUT2D eigenvalue weighted by molar-refractivity contribution is 0.557. The van der Waals surface area contributed by atoms with E-state index in [2.05, 4.69) is 400 Å². The van der Waals surface area contributed by atoms with Crippen molar-refractivity contribution < 1.29 is 0 Å². The molecule has 0 fully saturated rings. The minimum absolute atomic E-state index is 0.00836. The van der Waals surface area contributed by atoms with E-state index in [1.54, 1.807) is 0 Å². The summed E-state index contributed by atoms with van der Waals surface area (Å²) in [7, 11) is 0. The first kappa shape index (κ1) is 71.6. The predicted octanol–water partition coefficient (Wildman–Crippen LogP) is 27.7. The van der Waals surface area contributed by atoms with Crippen molar-refractivity contribution in [1.82, 2.24) is 0 Å². The molecule has 0 saturated heterocycles. The molecule has 0 radical (unpaired) electrons. The Bertz CT molecular complexity index is 4970. The van der Waals surface area contributed by atoms with Crippen molar-refractivity contribution in [3.8, 4) is 55.6 Å². The van der Waals surface area contributed by atoms with Crippen LogP contribution in [0.25, 0.3) is 55.6 Å². The number of benzene rings is 11. The van der Waals surface area contributed by atoms with Gasteiger partial charge in [-0.2, -0.15) is 0 Å². The fraction of sp³-hybridized carbons (Fsp3) is 0.327. The molecule has 0 heterocycles. The van der Waals surface area contributed by atoms with Crippen LogP contribution in [-0.2, 0) is 16.2 Å². The van der Waals surface area contributed by atoms with Crippen LogP contribution in [0.2, 0.25) is 0 Å². The van der Waals surface area contributed by atoms with Crippen LogP contribution < -0.4 is 14.7 Å². The lowest BCUT2D eigenvalue weighted by Crippen LogP contribution is -2.38. The standard InChI is InChI=1S/C36H41N.C34H37N.C28H33N/c1-23(2)27-17-18-29-30-19-25(4)34(22-32(30)36(8,9)31(29)20-27)37(35(5,6)7)33-21-28(16-15-24(33)3)26-13-11-10-12-14-26;1-22-14-17-27-28-19-24(3)32(21-30(28)34(7,8)29(27)18-22)35(33(4,5)6)31-20-26(16-15-23(31)2)25-12-10-9-11-13-25;1-18-12-9-10-15-24(18)29(27(4,5)6)25-17-23-21(16-20(25)3)26-19(2)13-11-14-22(26)28(23,7)8/h10-23H,1-9H3;9-21H,1-8H3;9-17H,1-8H3. The van der Waals surface area contributed by atoms with E-state index in [9.17, 15) is 0 Å². The molecule has 518 valence electrons. The van der Waals surface area contributed by atoms with Gasteiger partial charge in [-0.15, -0.1) is 0 Å². The number of aryl methyl sites for hydroxylation is 8. The van der Waals surface area contributed by atoms with Gasteiger partial charge in [-0.05, 0) is 312 Å². The quantitative estimate of drug-likeness (QED) is 0.143. The highest BCUT2D eigenvalue weighted by Gasteiger charge is 2.42. The van der Waals surface area contributed by atoms with E-state index in [1.807, 2.05) is 0 Å². The van der Waals surface area contributed by atoms with Crippen LogP contribution in [0.15, 0.2) is 212 Å². The Morgan fingerprint density at radius 2 is 0.614 bits per heavy atom. The number of fused-ring (bicyclic) bond motifs is 9. The highest BCUT2D eigenvalue weighted by Crippen LogP contribution is 2.56. The molecule has 3 aliphatic carbocycles. The van der Waals surface area contributed by atoms with Crippen molar-refractivity contribution in [2.24, 2.45) is 0 Å². The van der Waals surface area contributed by atoms with Crippen molar-refractivity contribution in [3.05, 3.63) is 296 Å².